The zero-order valence-corrected chi connectivity index (χ0v) is 27.9. The second-order valence-corrected chi connectivity index (χ2v) is 13.4. The summed E-state index contributed by atoms with van der Waals surface area (Å²) in [6.07, 6.45) is 2.00. The Kier molecular flexibility index (Phi) is 10.2. The molecular weight excluding hydrogens is 604 g/mol. The van der Waals surface area contributed by atoms with E-state index in [0.717, 1.165) is 35.1 Å². The SMILES string of the molecule is CCCCN(C(=O)CN1C[C@H](c2cc(OC)c3c(c2)OCO3)[C@@H](C(=O)O)[C@@H]1CCn1c(O)ccc1O)c1cccc(C[N+](C)(C)C)c1. The summed E-state index contributed by atoms with van der Waals surface area (Å²) in [6.45, 7) is 3.92. The number of carboxylic acid groups (broad SMARTS) is 1. The van der Waals surface area contributed by atoms with Gasteiger partial charge in [0.15, 0.2) is 23.3 Å². The number of methoxy groups -OCH3 is 1. The van der Waals surface area contributed by atoms with Gasteiger partial charge in [-0.15, -0.1) is 0 Å². The molecule has 0 unspecified atom stereocenters. The maximum Gasteiger partial charge on any atom is 0.308 e. The van der Waals surface area contributed by atoms with Gasteiger partial charge < -0.3 is 38.9 Å². The normalized spacial score (nSPS) is 19.2. The molecule has 0 saturated carbocycles. The van der Waals surface area contributed by atoms with Crippen molar-refractivity contribution in [3.63, 3.8) is 0 Å². The molecule has 254 valence electrons. The van der Waals surface area contributed by atoms with E-state index in [1.807, 2.05) is 21.9 Å². The minimum absolute atomic E-state index is 0.000445. The smallest absolute Gasteiger partial charge is 0.308 e. The first-order valence-corrected chi connectivity index (χ1v) is 16.1. The highest BCUT2D eigenvalue weighted by atomic mass is 16.7. The van der Waals surface area contributed by atoms with Crippen molar-refractivity contribution in [1.29, 1.82) is 0 Å². The fraction of sp³-hybridized carbons (Fsp3) is 0.486. The average molecular weight is 652 g/mol. The molecule has 3 heterocycles. The third kappa shape index (κ3) is 7.60. The Balaban J connectivity index is 1.48. The van der Waals surface area contributed by atoms with Gasteiger partial charge in [0.1, 0.15) is 6.54 Å². The van der Waals surface area contributed by atoms with Crippen LogP contribution in [0.3, 0.4) is 0 Å². The quantitative estimate of drug-likeness (QED) is 0.219. The second kappa shape index (κ2) is 14.1. The van der Waals surface area contributed by atoms with E-state index in [1.54, 1.807) is 12.1 Å². The Morgan fingerprint density at radius 3 is 2.47 bits per heavy atom. The van der Waals surface area contributed by atoms with Crippen LogP contribution < -0.4 is 19.1 Å². The van der Waals surface area contributed by atoms with Crippen molar-refractivity contribution in [3.05, 3.63) is 59.7 Å². The van der Waals surface area contributed by atoms with Crippen molar-refractivity contribution in [2.75, 3.05) is 59.6 Å². The maximum absolute atomic E-state index is 14.3. The number of hydrogen-bond donors (Lipinski definition) is 3. The number of aromatic hydroxyl groups is 2. The molecule has 1 aromatic heterocycles. The van der Waals surface area contributed by atoms with Gasteiger partial charge in [-0.1, -0.05) is 25.5 Å². The van der Waals surface area contributed by atoms with Gasteiger partial charge in [-0.25, -0.2) is 0 Å². The van der Waals surface area contributed by atoms with Crippen LogP contribution in [0.1, 0.15) is 43.2 Å². The lowest BCUT2D eigenvalue weighted by molar-refractivity contribution is -0.884. The van der Waals surface area contributed by atoms with E-state index >= 15 is 0 Å². The molecule has 1 fully saturated rings. The van der Waals surface area contributed by atoms with E-state index in [9.17, 15) is 24.9 Å². The summed E-state index contributed by atoms with van der Waals surface area (Å²) in [7, 11) is 7.89. The number of anilines is 1. The zero-order chi connectivity index (χ0) is 33.9. The number of aliphatic carboxylic acids is 1. The Morgan fingerprint density at radius 2 is 1.81 bits per heavy atom. The van der Waals surface area contributed by atoms with Crippen molar-refractivity contribution in [3.8, 4) is 29.0 Å². The number of nitrogens with zero attached hydrogens (tertiary/aromatic N) is 4. The average Bonchev–Trinajstić information content (AvgIpc) is 3.72. The number of unbranched alkanes of at least 4 members (excludes halogenated alkanes) is 1. The van der Waals surface area contributed by atoms with E-state index in [1.165, 1.54) is 23.8 Å². The second-order valence-electron chi connectivity index (χ2n) is 13.4. The molecular formula is C35H47N4O8+. The van der Waals surface area contributed by atoms with Gasteiger partial charge in [0.2, 0.25) is 18.4 Å². The molecule has 2 aliphatic rings. The van der Waals surface area contributed by atoms with Crippen molar-refractivity contribution >= 4 is 17.6 Å². The Hall–Kier alpha value is -4.42. The predicted molar refractivity (Wildman–Crippen MR) is 176 cm³/mol. The summed E-state index contributed by atoms with van der Waals surface area (Å²) in [6, 6.07) is 13.8. The lowest BCUT2D eigenvalue weighted by Gasteiger charge is -2.30. The van der Waals surface area contributed by atoms with E-state index in [0.29, 0.717) is 35.9 Å². The fourth-order valence-electron chi connectivity index (χ4n) is 6.83. The first-order valence-electron chi connectivity index (χ1n) is 16.1. The number of carbonyl (C=O) groups is 2. The summed E-state index contributed by atoms with van der Waals surface area (Å²) in [5.74, 6) is -1.35. The molecule has 12 heteroatoms. The van der Waals surface area contributed by atoms with Crippen LogP contribution in [0.15, 0.2) is 48.5 Å². The first-order chi connectivity index (χ1) is 22.4. The van der Waals surface area contributed by atoms with E-state index in [-0.39, 0.29) is 44.0 Å². The van der Waals surface area contributed by atoms with Crippen LogP contribution in [-0.4, -0.2) is 102 Å². The zero-order valence-electron chi connectivity index (χ0n) is 27.9. The molecule has 47 heavy (non-hydrogen) atoms. The Morgan fingerprint density at radius 1 is 1.06 bits per heavy atom. The molecule has 1 saturated heterocycles. The molecule has 2 aromatic carbocycles. The van der Waals surface area contributed by atoms with E-state index < -0.39 is 23.8 Å². The molecule has 0 spiro atoms. The summed E-state index contributed by atoms with van der Waals surface area (Å²) in [4.78, 5) is 31.1. The lowest BCUT2D eigenvalue weighted by Crippen LogP contribution is -2.45. The van der Waals surface area contributed by atoms with Crippen LogP contribution in [0.2, 0.25) is 0 Å². The molecule has 3 aromatic rings. The number of rotatable bonds is 14. The van der Waals surface area contributed by atoms with Gasteiger partial charge >= 0.3 is 5.97 Å². The molecule has 2 aliphatic heterocycles. The fourth-order valence-corrected chi connectivity index (χ4v) is 6.83. The predicted octanol–water partition coefficient (Wildman–Crippen LogP) is 4.24. The number of carboxylic acids is 1. The molecule has 3 atom stereocenters. The molecule has 3 N–H and O–H groups in total. The van der Waals surface area contributed by atoms with Gasteiger partial charge in [0.05, 0.1) is 40.7 Å². The number of quaternary nitrogens is 1. The number of ether oxygens (including phenoxy) is 3. The number of amides is 1. The van der Waals surface area contributed by atoms with Crippen LogP contribution in [0.4, 0.5) is 5.69 Å². The topological polar surface area (TPSA) is 134 Å². The molecule has 0 bridgehead atoms. The molecule has 0 aliphatic carbocycles. The minimum atomic E-state index is -0.997. The van der Waals surface area contributed by atoms with Crippen molar-refractivity contribution in [2.24, 2.45) is 5.92 Å². The number of likely N-dealkylation sites (tertiary alicyclic amines) is 1. The summed E-state index contributed by atoms with van der Waals surface area (Å²) >= 11 is 0. The lowest BCUT2D eigenvalue weighted by atomic mass is 9.84. The summed E-state index contributed by atoms with van der Waals surface area (Å²) in [5, 5.41) is 31.3. The molecule has 5 rings (SSSR count). The number of hydrogen-bond acceptors (Lipinski definition) is 8. The van der Waals surface area contributed by atoms with E-state index in [2.05, 4.69) is 40.2 Å². The van der Waals surface area contributed by atoms with Crippen LogP contribution in [0.25, 0.3) is 0 Å². The highest BCUT2D eigenvalue weighted by molar-refractivity contribution is 5.95. The Labute approximate surface area is 275 Å². The van der Waals surface area contributed by atoms with Gasteiger partial charge in [-0.2, -0.15) is 0 Å². The van der Waals surface area contributed by atoms with E-state index in [4.69, 9.17) is 14.2 Å². The third-order valence-electron chi connectivity index (χ3n) is 8.98. The van der Waals surface area contributed by atoms with Crippen LogP contribution >= 0.6 is 0 Å². The largest absolute Gasteiger partial charge is 0.494 e. The number of aromatic nitrogens is 1. The van der Waals surface area contributed by atoms with Crippen molar-refractivity contribution in [2.45, 2.75) is 51.2 Å². The molecule has 0 radical (unpaired) electrons. The molecule has 1 amide bonds. The first kappa shape index (κ1) is 33.9. The summed E-state index contributed by atoms with van der Waals surface area (Å²) < 4.78 is 18.9. The van der Waals surface area contributed by atoms with Crippen LogP contribution in [-0.2, 0) is 22.7 Å². The number of fused-ring (bicyclic) bond motifs is 1. The molecule has 12 nitrogen and oxygen atoms in total. The maximum atomic E-state index is 14.3. The van der Waals surface area contributed by atoms with Crippen LogP contribution in [0.5, 0.6) is 29.0 Å². The Bertz CT molecular complexity index is 1560. The third-order valence-corrected chi connectivity index (χ3v) is 8.98. The van der Waals surface area contributed by atoms with Gasteiger partial charge in [0, 0.05) is 55.0 Å². The number of carbonyl (C=O) groups excluding carboxylic acids is 1. The highest BCUT2D eigenvalue weighted by Crippen LogP contribution is 2.47. The number of benzene rings is 2. The van der Waals surface area contributed by atoms with Gasteiger partial charge in [-0.3, -0.25) is 19.1 Å². The minimum Gasteiger partial charge on any atom is -0.494 e. The van der Waals surface area contributed by atoms with Crippen molar-refractivity contribution in [1.82, 2.24) is 9.47 Å². The highest BCUT2D eigenvalue weighted by Gasteiger charge is 2.47. The van der Waals surface area contributed by atoms with Crippen LogP contribution in [0, 0.1) is 5.92 Å². The monoisotopic (exact) mass is 651 g/mol. The van der Waals surface area contributed by atoms with Gasteiger partial charge in [-0.05, 0) is 42.7 Å². The van der Waals surface area contributed by atoms with Crippen molar-refractivity contribution < 1.29 is 43.6 Å². The standard InChI is InChI=1S/C35H46N4O8/c1-6-7-14-37(25-10-8-9-23(16-25)21-39(2,3)4)32(42)20-36-19-26(24-17-28(45-5)34-29(18-24)46-22-47-34)33(35(43)44)27(36)13-15-38-30(40)11-12-31(38)41/h8-12,16-18,26-27,33H,6-7,13-15,19-22H2,1-5H3,(H2-,40,41,43,44)/p+1/t26-,27+,33-/m1/s1. The van der Waals surface area contributed by atoms with Gasteiger partial charge in [0.25, 0.3) is 0 Å². The summed E-state index contributed by atoms with van der Waals surface area (Å²) in [5.41, 5.74) is 2.65.